The predicted molar refractivity (Wildman–Crippen MR) is 68.7 cm³/mol. The van der Waals surface area contributed by atoms with Gasteiger partial charge in [-0.15, -0.1) is 11.3 Å². The fraction of sp³-hybridized carbons (Fsp3) is 0.167. The molecule has 0 aliphatic heterocycles. The van der Waals surface area contributed by atoms with Gasteiger partial charge in [0.2, 0.25) is 0 Å². The molecule has 1 aromatic carbocycles. The molecule has 16 heavy (non-hydrogen) atoms. The maximum absolute atomic E-state index is 8.99. The van der Waals surface area contributed by atoms with Crippen molar-refractivity contribution in [2.75, 3.05) is 0 Å². The molecule has 2 rings (SSSR count). The van der Waals surface area contributed by atoms with Gasteiger partial charge in [0.05, 0.1) is 6.61 Å². The van der Waals surface area contributed by atoms with Crippen LogP contribution in [0.25, 0.3) is 0 Å². The number of aliphatic hydroxyl groups is 1. The smallest absolute Gasteiger partial charge is 0.122 e. The maximum atomic E-state index is 8.99. The monoisotopic (exact) mass is 298 g/mol. The molecule has 2 aromatic rings. The highest BCUT2D eigenvalue weighted by Gasteiger charge is 2.00. The fourth-order valence-corrected chi connectivity index (χ4v) is 2.68. The first-order chi connectivity index (χ1) is 7.78. The summed E-state index contributed by atoms with van der Waals surface area (Å²) in [5, 5.41) is 11.0. The van der Waals surface area contributed by atoms with Crippen LogP contribution in [0.4, 0.5) is 0 Å². The van der Waals surface area contributed by atoms with Crippen molar-refractivity contribution in [3.8, 4) is 5.75 Å². The molecule has 0 spiro atoms. The standard InChI is InChI=1S/C12H11BrO2S/c13-10-5-12(16-8-10)7-15-11-3-1-2-9(4-11)6-14/h1-5,8,14H,6-7H2. The lowest BCUT2D eigenvalue weighted by atomic mass is 10.2. The SMILES string of the molecule is OCc1cccc(OCc2cc(Br)cs2)c1. The molecular formula is C12H11BrO2S. The third-order valence-corrected chi connectivity index (χ3v) is 3.76. The van der Waals surface area contributed by atoms with Crippen LogP contribution in [0.2, 0.25) is 0 Å². The summed E-state index contributed by atoms with van der Waals surface area (Å²) in [6.45, 7) is 0.604. The lowest BCUT2D eigenvalue weighted by molar-refractivity contribution is 0.278. The van der Waals surface area contributed by atoms with Crippen LogP contribution in [-0.4, -0.2) is 5.11 Å². The summed E-state index contributed by atoms with van der Waals surface area (Å²) in [4.78, 5) is 1.17. The number of thiophene rings is 1. The van der Waals surface area contributed by atoms with Crippen molar-refractivity contribution >= 4 is 27.3 Å². The van der Waals surface area contributed by atoms with E-state index >= 15 is 0 Å². The Labute approximate surface area is 107 Å². The lowest BCUT2D eigenvalue weighted by Crippen LogP contribution is -1.93. The van der Waals surface area contributed by atoms with Gasteiger partial charge in [-0.05, 0) is 39.7 Å². The Bertz CT molecular complexity index is 468. The molecule has 0 unspecified atom stereocenters. The van der Waals surface area contributed by atoms with Crippen LogP contribution in [0.5, 0.6) is 5.75 Å². The van der Waals surface area contributed by atoms with E-state index in [0.717, 1.165) is 15.8 Å². The number of aliphatic hydroxyl groups excluding tert-OH is 1. The van der Waals surface area contributed by atoms with Gasteiger partial charge in [0.15, 0.2) is 0 Å². The van der Waals surface area contributed by atoms with Gasteiger partial charge >= 0.3 is 0 Å². The van der Waals surface area contributed by atoms with Crippen LogP contribution < -0.4 is 4.74 Å². The van der Waals surface area contributed by atoms with Gasteiger partial charge in [0.1, 0.15) is 12.4 Å². The minimum atomic E-state index is 0.0434. The quantitative estimate of drug-likeness (QED) is 0.935. The number of rotatable bonds is 4. The highest BCUT2D eigenvalue weighted by atomic mass is 79.9. The Morgan fingerprint density at radius 3 is 2.88 bits per heavy atom. The molecular weight excluding hydrogens is 288 g/mol. The topological polar surface area (TPSA) is 29.5 Å². The van der Waals surface area contributed by atoms with E-state index in [-0.39, 0.29) is 6.61 Å². The number of halogens is 1. The van der Waals surface area contributed by atoms with Gasteiger partial charge in [-0.3, -0.25) is 0 Å². The third kappa shape index (κ3) is 3.07. The molecule has 0 aliphatic carbocycles. The van der Waals surface area contributed by atoms with E-state index in [9.17, 15) is 0 Å². The van der Waals surface area contributed by atoms with Crippen molar-refractivity contribution in [2.24, 2.45) is 0 Å². The molecule has 0 aliphatic rings. The fourth-order valence-electron chi connectivity index (χ4n) is 1.32. The summed E-state index contributed by atoms with van der Waals surface area (Å²) >= 11 is 5.06. The zero-order chi connectivity index (χ0) is 11.4. The first kappa shape index (κ1) is 11.6. The number of hydrogen-bond acceptors (Lipinski definition) is 3. The third-order valence-electron chi connectivity index (χ3n) is 2.08. The second-order valence-corrected chi connectivity index (χ2v) is 5.24. The van der Waals surface area contributed by atoms with Crippen LogP contribution in [0.3, 0.4) is 0 Å². The van der Waals surface area contributed by atoms with E-state index in [1.54, 1.807) is 11.3 Å². The van der Waals surface area contributed by atoms with Crippen molar-refractivity contribution < 1.29 is 9.84 Å². The largest absolute Gasteiger partial charge is 0.488 e. The Morgan fingerprint density at radius 1 is 1.31 bits per heavy atom. The van der Waals surface area contributed by atoms with Gasteiger partial charge in [-0.2, -0.15) is 0 Å². The molecule has 0 atom stereocenters. The van der Waals surface area contributed by atoms with Crippen molar-refractivity contribution in [2.45, 2.75) is 13.2 Å². The van der Waals surface area contributed by atoms with E-state index in [4.69, 9.17) is 9.84 Å². The van der Waals surface area contributed by atoms with Crippen LogP contribution in [-0.2, 0) is 13.2 Å². The minimum absolute atomic E-state index is 0.0434. The summed E-state index contributed by atoms with van der Waals surface area (Å²) in [6.07, 6.45) is 0. The molecule has 0 radical (unpaired) electrons. The highest BCUT2D eigenvalue weighted by molar-refractivity contribution is 9.10. The Balaban J connectivity index is 1.99. The average molecular weight is 299 g/mol. The Kier molecular flexibility index (Phi) is 3.98. The Hall–Kier alpha value is -0.840. The molecule has 0 saturated carbocycles. The normalized spacial score (nSPS) is 10.4. The summed E-state index contributed by atoms with van der Waals surface area (Å²) in [5.74, 6) is 0.788. The molecule has 84 valence electrons. The van der Waals surface area contributed by atoms with E-state index in [2.05, 4.69) is 15.9 Å². The van der Waals surface area contributed by atoms with Gasteiger partial charge in [-0.1, -0.05) is 12.1 Å². The van der Waals surface area contributed by atoms with Crippen molar-refractivity contribution in [3.63, 3.8) is 0 Å². The van der Waals surface area contributed by atoms with Crippen molar-refractivity contribution in [3.05, 3.63) is 50.6 Å². The average Bonchev–Trinajstić information content (AvgIpc) is 2.73. The molecule has 2 nitrogen and oxygen atoms in total. The first-order valence-corrected chi connectivity index (χ1v) is 6.50. The molecule has 1 aromatic heterocycles. The summed E-state index contributed by atoms with van der Waals surface area (Å²) < 4.78 is 6.71. The highest BCUT2D eigenvalue weighted by Crippen LogP contribution is 2.22. The van der Waals surface area contributed by atoms with Crippen molar-refractivity contribution in [1.82, 2.24) is 0 Å². The summed E-state index contributed by atoms with van der Waals surface area (Å²) in [6, 6.07) is 9.53. The van der Waals surface area contributed by atoms with Crippen LogP contribution in [0.15, 0.2) is 40.2 Å². The predicted octanol–water partition coefficient (Wildman–Crippen LogP) is 3.58. The van der Waals surface area contributed by atoms with Crippen molar-refractivity contribution in [1.29, 1.82) is 0 Å². The van der Waals surface area contributed by atoms with Gasteiger partial charge < -0.3 is 9.84 Å². The van der Waals surface area contributed by atoms with Crippen LogP contribution >= 0.6 is 27.3 Å². The van der Waals surface area contributed by atoms with Gasteiger partial charge in [0, 0.05) is 14.7 Å². The minimum Gasteiger partial charge on any atom is -0.488 e. The Morgan fingerprint density at radius 2 is 2.19 bits per heavy atom. The lowest BCUT2D eigenvalue weighted by Gasteiger charge is -2.05. The van der Waals surface area contributed by atoms with E-state index < -0.39 is 0 Å². The van der Waals surface area contributed by atoms with E-state index in [0.29, 0.717) is 6.61 Å². The molecule has 1 heterocycles. The maximum Gasteiger partial charge on any atom is 0.122 e. The van der Waals surface area contributed by atoms with Gasteiger partial charge in [-0.25, -0.2) is 0 Å². The molecule has 0 saturated heterocycles. The molecule has 0 fully saturated rings. The van der Waals surface area contributed by atoms with E-state index in [1.807, 2.05) is 35.7 Å². The van der Waals surface area contributed by atoms with Crippen LogP contribution in [0.1, 0.15) is 10.4 Å². The molecule has 1 N–H and O–H groups in total. The molecule has 4 heteroatoms. The number of ether oxygens (including phenoxy) is 1. The second kappa shape index (κ2) is 5.48. The summed E-state index contributed by atoms with van der Waals surface area (Å²) in [7, 11) is 0. The molecule has 0 bridgehead atoms. The first-order valence-electron chi connectivity index (χ1n) is 4.83. The zero-order valence-electron chi connectivity index (χ0n) is 8.52. The number of benzene rings is 1. The second-order valence-electron chi connectivity index (χ2n) is 3.33. The number of hydrogen-bond donors (Lipinski definition) is 1. The van der Waals surface area contributed by atoms with Gasteiger partial charge in [0.25, 0.3) is 0 Å². The van der Waals surface area contributed by atoms with Crippen LogP contribution in [0, 0.1) is 0 Å². The van der Waals surface area contributed by atoms with E-state index in [1.165, 1.54) is 4.88 Å². The zero-order valence-corrected chi connectivity index (χ0v) is 10.9. The molecule has 0 amide bonds. The summed E-state index contributed by atoms with van der Waals surface area (Å²) in [5.41, 5.74) is 0.866.